The number of hydrogen-bond donors (Lipinski definition) is 1. The molecule has 0 saturated carbocycles. The van der Waals surface area contributed by atoms with Gasteiger partial charge in [0, 0.05) is 32.1 Å². The van der Waals surface area contributed by atoms with E-state index in [2.05, 4.69) is 4.98 Å². The van der Waals surface area contributed by atoms with Gasteiger partial charge in [0.1, 0.15) is 5.75 Å². The number of carbonyl (C=O) groups is 1. The summed E-state index contributed by atoms with van der Waals surface area (Å²) in [6.07, 6.45) is 7.63. The molecule has 5 heteroatoms. The zero-order valence-corrected chi connectivity index (χ0v) is 14.1. The standard InChI is InChI=1S/C19H23N3O2/c1-3-24-18-6-4-16(14-17(18)20)5-7-19(23)22(2)13-10-15-8-11-21-12-9-15/h4-9,11-12,14H,3,10,13,20H2,1-2H3/b7-5-. The first kappa shape index (κ1) is 17.5. The summed E-state index contributed by atoms with van der Waals surface area (Å²) in [5.74, 6) is 0.618. The van der Waals surface area contributed by atoms with Crippen LogP contribution >= 0.6 is 0 Å². The molecule has 2 aromatic rings. The molecule has 0 atom stereocenters. The van der Waals surface area contributed by atoms with Crippen molar-refractivity contribution in [3.63, 3.8) is 0 Å². The summed E-state index contributed by atoms with van der Waals surface area (Å²) in [5.41, 5.74) is 8.52. The number of nitrogen functional groups attached to an aromatic ring is 1. The van der Waals surface area contributed by atoms with E-state index in [0.717, 1.165) is 17.5 Å². The molecular formula is C19H23N3O2. The van der Waals surface area contributed by atoms with Gasteiger partial charge in [0.15, 0.2) is 0 Å². The molecule has 0 radical (unpaired) electrons. The number of nitrogens with two attached hydrogens (primary N) is 1. The summed E-state index contributed by atoms with van der Waals surface area (Å²) in [4.78, 5) is 17.8. The molecule has 0 aliphatic carbocycles. The maximum Gasteiger partial charge on any atom is 0.246 e. The van der Waals surface area contributed by atoms with Crippen LogP contribution in [0.5, 0.6) is 5.75 Å². The summed E-state index contributed by atoms with van der Waals surface area (Å²) >= 11 is 0. The highest BCUT2D eigenvalue weighted by Crippen LogP contribution is 2.23. The lowest BCUT2D eigenvalue weighted by Gasteiger charge is -2.15. The normalized spacial score (nSPS) is 10.8. The maximum atomic E-state index is 12.2. The second kappa shape index (κ2) is 8.72. The van der Waals surface area contributed by atoms with E-state index in [4.69, 9.17) is 10.5 Å². The highest BCUT2D eigenvalue weighted by molar-refractivity contribution is 5.91. The van der Waals surface area contributed by atoms with Crippen LogP contribution in [0.1, 0.15) is 18.1 Å². The largest absolute Gasteiger partial charge is 0.492 e. The van der Waals surface area contributed by atoms with Crippen LogP contribution in [0, 0.1) is 0 Å². The van der Waals surface area contributed by atoms with Gasteiger partial charge in [-0.3, -0.25) is 9.78 Å². The molecular weight excluding hydrogens is 302 g/mol. The number of pyridine rings is 1. The molecule has 1 amide bonds. The summed E-state index contributed by atoms with van der Waals surface area (Å²) in [7, 11) is 1.79. The maximum absolute atomic E-state index is 12.2. The smallest absolute Gasteiger partial charge is 0.246 e. The number of hydrogen-bond acceptors (Lipinski definition) is 4. The van der Waals surface area contributed by atoms with Gasteiger partial charge < -0.3 is 15.4 Å². The topological polar surface area (TPSA) is 68.5 Å². The van der Waals surface area contributed by atoms with Crippen LogP contribution in [0.15, 0.2) is 48.8 Å². The molecule has 2 N–H and O–H groups in total. The Hall–Kier alpha value is -2.82. The molecule has 0 saturated heterocycles. The molecule has 0 aliphatic heterocycles. The highest BCUT2D eigenvalue weighted by atomic mass is 16.5. The minimum atomic E-state index is -0.0449. The van der Waals surface area contributed by atoms with E-state index in [1.54, 1.807) is 42.6 Å². The lowest BCUT2D eigenvalue weighted by molar-refractivity contribution is -0.124. The van der Waals surface area contributed by atoms with Crippen LogP contribution in [0.4, 0.5) is 5.69 Å². The molecule has 0 spiro atoms. The van der Waals surface area contributed by atoms with Crippen molar-refractivity contribution in [1.82, 2.24) is 9.88 Å². The number of aromatic nitrogens is 1. The van der Waals surface area contributed by atoms with E-state index in [9.17, 15) is 4.79 Å². The monoisotopic (exact) mass is 325 g/mol. The fourth-order valence-corrected chi connectivity index (χ4v) is 2.21. The van der Waals surface area contributed by atoms with Gasteiger partial charge in [-0.25, -0.2) is 0 Å². The first-order chi connectivity index (χ1) is 11.6. The van der Waals surface area contributed by atoms with Gasteiger partial charge >= 0.3 is 0 Å². The van der Waals surface area contributed by atoms with Crippen molar-refractivity contribution in [3.05, 3.63) is 59.9 Å². The number of amides is 1. The lowest BCUT2D eigenvalue weighted by atomic mass is 10.1. The lowest BCUT2D eigenvalue weighted by Crippen LogP contribution is -2.27. The number of carbonyl (C=O) groups excluding carboxylic acids is 1. The SMILES string of the molecule is CCOc1ccc(/C=C\C(=O)N(C)CCc2ccncc2)cc1N. The fourth-order valence-electron chi connectivity index (χ4n) is 2.21. The average Bonchev–Trinajstić information content (AvgIpc) is 2.60. The Bertz CT molecular complexity index is 699. The van der Waals surface area contributed by atoms with Crippen LogP contribution in [0.2, 0.25) is 0 Å². The van der Waals surface area contributed by atoms with E-state index < -0.39 is 0 Å². The second-order valence-corrected chi connectivity index (χ2v) is 5.43. The number of anilines is 1. The van der Waals surface area contributed by atoms with Gasteiger partial charge in [0.05, 0.1) is 12.3 Å². The first-order valence-electron chi connectivity index (χ1n) is 7.94. The number of nitrogens with zero attached hydrogens (tertiary/aromatic N) is 2. The molecule has 1 aromatic carbocycles. The Balaban J connectivity index is 1.90. The third-order valence-electron chi connectivity index (χ3n) is 3.61. The number of likely N-dealkylation sites (N-methyl/N-ethyl adjacent to an activating group) is 1. The third kappa shape index (κ3) is 5.12. The van der Waals surface area contributed by atoms with Crippen molar-refractivity contribution in [2.24, 2.45) is 0 Å². The van der Waals surface area contributed by atoms with Crippen molar-refractivity contribution in [2.45, 2.75) is 13.3 Å². The van der Waals surface area contributed by atoms with Gasteiger partial charge in [-0.15, -0.1) is 0 Å². The molecule has 0 bridgehead atoms. The summed E-state index contributed by atoms with van der Waals surface area (Å²) in [6, 6.07) is 9.40. The van der Waals surface area contributed by atoms with E-state index in [1.165, 1.54) is 0 Å². The van der Waals surface area contributed by atoms with E-state index >= 15 is 0 Å². The molecule has 2 rings (SSSR count). The van der Waals surface area contributed by atoms with Crippen LogP contribution < -0.4 is 10.5 Å². The van der Waals surface area contributed by atoms with Crippen molar-refractivity contribution >= 4 is 17.7 Å². The van der Waals surface area contributed by atoms with Crippen molar-refractivity contribution < 1.29 is 9.53 Å². The molecule has 1 heterocycles. The molecule has 0 fully saturated rings. The van der Waals surface area contributed by atoms with E-state index in [-0.39, 0.29) is 5.91 Å². The molecule has 126 valence electrons. The fraction of sp³-hybridized carbons (Fsp3) is 0.263. The van der Waals surface area contributed by atoms with Gasteiger partial charge in [-0.05, 0) is 54.8 Å². The zero-order chi connectivity index (χ0) is 17.4. The van der Waals surface area contributed by atoms with Gasteiger partial charge in [0.2, 0.25) is 5.91 Å². The van der Waals surface area contributed by atoms with Crippen LogP contribution in [-0.2, 0) is 11.2 Å². The van der Waals surface area contributed by atoms with Gasteiger partial charge in [0.25, 0.3) is 0 Å². The predicted molar refractivity (Wildman–Crippen MR) is 96.6 cm³/mol. The zero-order valence-electron chi connectivity index (χ0n) is 14.1. The van der Waals surface area contributed by atoms with Crippen molar-refractivity contribution in [3.8, 4) is 5.75 Å². The summed E-state index contributed by atoms with van der Waals surface area (Å²) in [5, 5.41) is 0. The van der Waals surface area contributed by atoms with E-state index in [0.29, 0.717) is 24.6 Å². The average molecular weight is 325 g/mol. The molecule has 1 aromatic heterocycles. The van der Waals surface area contributed by atoms with Crippen molar-refractivity contribution in [1.29, 1.82) is 0 Å². The third-order valence-corrected chi connectivity index (χ3v) is 3.61. The molecule has 0 aliphatic rings. The molecule has 5 nitrogen and oxygen atoms in total. The van der Waals surface area contributed by atoms with E-state index in [1.807, 2.05) is 31.2 Å². The number of rotatable bonds is 7. The van der Waals surface area contributed by atoms with Crippen LogP contribution in [-0.4, -0.2) is 36.0 Å². The highest BCUT2D eigenvalue weighted by Gasteiger charge is 2.05. The quantitative estimate of drug-likeness (QED) is 0.628. The van der Waals surface area contributed by atoms with Crippen molar-refractivity contribution in [2.75, 3.05) is 25.9 Å². The Morgan fingerprint density at radius 1 is 1.29 bits per heavy atom. The minimum Gasteiger partial charge on any atom is -0.492 e. The minimum absolute atomic E-state index is 0.0449. The number of ether oxygens (including phenoxy) is 1. The van der Waals surface area contributed by atoms with Crippen LogP contribution in [0.3, 0.4) is 0 Å². The van der Waals surface area contributed by atoms with Gasteiger partial charge in [-0.2, -0.15) is 0 Å². The molecule has 24 heavy (non-hydrogen) atoms. The summed E-state index contributed by atoms with van der Waals surface area (Å²) in [6.45, 7) is 3.13. The Kier molecular flexibility index (Phi) is 6.37. The first-order valence-corrected chi connectivity index (χ1v) is 7.94. The number of benzene rings is 1. The molecule has 0 unspecified atom stereocenters. The predicted octanol–water partition coefficient (Wildman–Crippen LogP) is 2.78. The Labute approximate surface area is 142 Å². The second-order valence-electron chi connectivity index (χ2n) is 5.43. The Morgan fingerprint density at radius 2 is 2.04 bits per heavy atom. The van der Waals surface area contributed by atoms with Gasteiger partial charge in [-0.1, -0.05) is 6.07 Å². The summed E-state index contributed by atoms with van der Waals surface area (Å²) < 4.78 is 5.40. The van der Waals surface area contributed by atoms with Crippen LogP contribution in [0.25, 0.3) is 6.08 Å². The Morgan fingerprint density at radius 3 is 2.71 bits per heavy atom.